The number of carbonyl (C=O) groups excluding carboxylic acids is 1. The van der Waals surface area contributed by atoms with Crippen LogP contribution in [-0.2, 0) is 9.53 Å². The van der Waals surface area contributed by atoms with Crippen LogP contribution in [0, 0.1) is 0 Å². The Bertz CT molecular complexity index is 487. The number of carbonyl (C=O) groups is 1. The first kappa shape index (κ1) is 16.8. The zero-order valence-corrected chi connectivity index (χ0v) is 13.4. The van der Waals surface area contributed by atoms with E-state index in [1.807, 2.05) is 30.0 Å². The largest absolute Gasteiger partial charge is 0.508 e. The van der Waals surface area contributed by atoms with Gasteiger partial charge in [0.1, 0.15) is 5.75 Å². The Hall–Kier alpha value is -1.59. The number of aromatic hydroxyl groups is 1. The minimum absolute atomic E-state index is 0.0314. The number of phenols is 1. The molecule has 0 bridgehead atoms. The van der Waals surface area contributed by atoms with Gasteiger partial charge in [-0.05, 0) is 18.9 Å². The van der Waals surface area contributed by atoms with Crippen molar-refractivity contribution in [1.82, 2.24) is 10.2 Å². The van der Waals surface area contributed by atoms with Gasteiger partial charge in [0.15, 0.2) is 0 Å². The van der Waals surface area contributed by atoms with Crippen LogP contribution in [0.4, 0.5) is 0 Å². The molecule has 5 heteroatoms. The maximum Gasteiger partial charge on any atom is 0.239 e. The highest BCUT2D eigenvalue weighted by atomic mass is 16.5. The molecule has 1 aromatic carbocycles. The van der Waals surface area contributed by atoms with Gasteiger partial charge in [-0.3, -0.25) is 10.1 Å². The van der Waals surface area contributed by atoms with Gasteiger partial charge in [-0.1, -0.05) is 32.0 Å². The Morgan fingerprint density at radius 1 is 1.27 bits per heavy atom. The molecule has 5 nitrogen and oxygen atoms in total. The van der Waals surface area contributed by atoms with Crippen LogP contribution in [0.1, 0.15) is 38.3 Å². The maximum atomic E-state index is 12.6. The lowest BCUT2D eigenvalue weighted by Crippen LogP contribution is -2.50. The van der Waals surface area contributed by atoms with Gasteiger partial charge in [-0.25, -0.2) is 0 Å². The van der Waals surface area contributed by atoms with Gasteiger partial charge >= 0.3 is 0 Å². The normalized spacial score (nSPS) is 18.0. The van der Waals surface area contributed by atoms with Crippen molar-refractivity contribution < 1.29 is 14.6 Å². The van der Waals surface area contributed by atoms with Crippen molar-refractivity contribution in [3.63, 3.8) is 0 Å². The van der Waals surface area contributed by atoms with Crippen molar-refractivity contribution in [2.45, 2.75) is 38.8 Å². The second-order valence-corrected chi connectivity index (χ2v) is 5.58. The van der Waals surface area contributed by atoms with E-state index < -0.39 is 0 Å². The number of amides is 1. The summed E-state index contributed by atoms with van der Waals surface area (Å²) in [6, 6.07) is 7.04. The number of ether oxygens (including phenoxy) is 1. The number of morpholine rings is 1. The van der Waals surface area contributed by atoms with E-state index in [-0.39, 0.29) is 23.7 Å². The lowest BCUT2D eigenvalue weighted by molar-refractivity contribution is -0.137. The van der Waals surface area contributed by atoms with Crippen LogP contribution in [0.5, 0.6) is 5.75 Å². The molecule has 0 spiro atoms. The fourth-order valence-electron chi connectivity index (χ4n) is 2.82. The summed E-state index contributed by atoms with van der Waals surface area (Å²) in [6.45, 7) is 6.59. The van der Waals surface area contributed by atoms with Crippen LogP contribution in [0.15, 0.2) is 24.3 Å². The third kappa shape index (κ3) is 3.99. The molecule has 2 N–H and O–H groups in total. The fourth-order valence-corrected chi connectivity index (χ4v) is 2.82. The molecular formula is C17H26N2O3. The first-order valence-corrected chi connectivity index (χ1v) is 8.07. The fraction of sp³-hybridized carbons (Fsp3) is 0.588. The number of nitrogens with zero attached hydrogens (tertiary/aromatic N) is 1. The topological polar surface area (TPSA) is 61.8 Å². The van der Waals surface area contributed by atoms with Gasteiger partial charge in [-0.2, -0.15) is 0 Å². The summed E-state index contributed by atoms with van der Waals surface area (Å²) in [5, 5.41) is 13.4. The standard InChI is InChI=1S/C17H26N2O3/c1-3-14(13-7-5-6-8-16(13)20)18-15(4-2)17(21)19-9-11-22-12-10-19/h5-8,14-15,18,20H,3-4,9-12H2,1-2H3/t14-,15-/m1/s1. The molecule has 0 radical (unpaired) electrons. The smallest absolute Gasteiger partial charge is 0.239 e. The lowest BCUT2D eigenvalue weighted by Gasteiger charge is -2.32. The summed E-state index contributed by atoms with van der Waals surface area (Å²) in [5.41, 5.74) is 0.846. The van der Waals surface area contributed by atoms with E-state index in [0.717, 1.165) is 18.4 Å². The monoisotopic (exact) mass is 306 g/mol. The van der Waals surface area contributed by atoms with Gasteiger partial charge in [-0.15, -0.1) is 0 Å². The second-order valence-electron chi connectivity index (χ2n) is 5.58. The summed E-state index contributed by atoms with van der Waals surface area (Å²) < 4.78 is 5.30. The highest BCUT2D eigenvalue weighted by molar-refractivity contribution is 5.82. The van der Waals surface area contributed by atoms with Crippen LogP contribution in [-0.4, -0.2) is 48.3 Å². The number of hydrogen-bond acceptors (Lipinski definition) is 4. The van der Waals surface area contributed by atoms with Crippen molar-refractivity contribution >= 4 is 5.91 Å². The Morgan fingerprint density at radius 2 is 1.95 bits per heavy atom. The van der Waals surface area contributed by atoms with E-state index in [1.165, 1.54) is 0 Å². The van der Waals surface area contributed by atoms with Gasteiger partial charge in [0.05, 0.1) is 19.3 Å². The second kappa shape index (κ2) is 8.15. The minimum Gasteiger partial charge on any atom is -0.508 e. The van der Waals surface area contributed by atoms with E-state index >= 15 is 0 Å². The third-order valence-electron chi connectivity index (χ3n) is 4.15. The average molecular weight is 306 g/mol. The first-order chi connectivity index (χ1) is 10.7. The quantitative estimate of drug-likeness (QED) is 0.844. The molecule has 1 saturated heterocycles. The maximum absolute atomic E-state index is 12.6. The zero-order chi connectivity index (χ0) is 15.9. The molecule has 1 aromatic rings. The minimum atomic E-state index is -0.234. The molecular weight excluding hydrogens is 280 g/mol. The highest BCUT2D eigenvalue weighted by Crippen LogP contribution is 2.26. The Kier molecular flexibility index (Phi) is 6.21. The Labute approximate surface area is 132 Å². The van der Waals surface area contributed by atoms with Gasteiger partial charge in [0, 0.05) is 24.7 Å². The summed E-state index contributed by atoms with van der Waals surface area (Å²) in [5.74, 6) is 0.398. The van der Waals surface area contributed by atoms with E-state index in [1.54, 1.807) is 6.07 Å². The number of rotatable bonds is 6. The summed E-state index contributed by atoms with van der Waals surface area (Å²) in [7, 11) is 0. The van der Waals surface area contributed by atoms with Gasteiger partial charge in [0.25, 0.3) is 0 Å². The van der Waals surface area contributed by atoms with Crippen molar-refractivity contribution in [3.05, 3.63) is 29.8 Å². The van der Waals surface area contributed by atoms with Gasteiger partial charge in [0.2, 0.25) is 5.91 Å². The lowest BCUT2D eigenvalue weighted by atomic mass is 10.0. The van der Waals surface area contributed by atoms with Crippen LogP contribution >= 0.6 is 0 Å². The van der Waals surface area contributed by atoms with E-state index in [2.05, 4.69) is 12.2 Å². The number of phenolic OH excluding ortho intramolecular Hbond substituents is 1. The molecule has 1 fully saturated rings. The molecule has 2 rings (SSSR count). The molecule has 0 aliphatic carbocycles. The molecule has 0 unspecified atom stereocenters. The number of benzene rings is 1. The van der Waals surface area contributed by atoms with Crippen LogP contribution < -0.4 is 5.32 Å². The van der Waals surface area contributed by atoms with Gasteiger partial charge < -0.3 is 14.7 Å². The zero-order valence-electron chi connectivity index (χ0n) is 13.4. The molecule has 1 amide bonds. The molecule has 1 aliphatic heterocycles. The first-order valence-electron chi connectivity index (χ1n) is 8.07. The Morgan fingerprint density at radius 3 is 2.55 bits per heavy atom. The van der Waals surface area contributed by atoms with Crippen molar-refractivity contribution in [1.29, 1.82) is 0 Å². The van der Waals surface area contributed by atoms with E-state index in [9.17, 15) is 9.90 Å². The predicted octanol–water partition coefficient (Wildman–Crippen LogP) is 2.07. The Balaban J connectivity index is 2.07. The number of hydrogen-bond donors (Lipinski definition) is 2. The molecule has 0 saturated carbocycles. The summed E-state index contributed by atoms with van der Waals surface area (Å²) >= 11 is 0. The predicted molar refractivity (Wildman–Crippen MR) is 85.8 cm³/mol. The highest BCUT2D eigenvalue weighted by Gasteiger charge is 2.27. The average Bonchev–Trinajstić information content (AvgIpc) is 2.57. The molecule has 122 valence electrons. The number of nitrogens with one attached hydrogen (secondary N) is 1. The molecule has 0 aromatic heterocycles. The molecule has 22 heavy (non-hydrogen) atoms. The summed E-state index contributed by atoms with van der Waals surface area (Å²) in [4.78, 5) is 14.5. The number of para-hydroxylation sites is 1. The van der Waals surface area contributed by atoms with Crippen molar-refractivity contribution in [2.75, 3.05) is 26.3 Å². The van der Waals surface area contributed by atoms with E-state index in [0.29, 0.717) is 26.3 Å². The molecule has 1 aliphatic rings. The third-order valence-corrected chi connectivity index (χ3v) is 4.15. The van der Waals surface area contributed by atoms with Crippen molar-refractivity contribution in [3.8, 4) is 5.75 Å². The SMILES string of the molecule is CC[C@@H](N[C@H](CC)c1ccccc1O)C(=O)N1CCOCC1. The van der Waals surface area contributed by atoms with Crippen LogP contribution in [0.3, 0.4) is 0 Å². The summed E-state index contributed by atoms with van der Waals surface area (Å²) in [6.07, 6.45) is 1.53. The molecule has 1 heterocycles. The van der Waals surface area contributed by atoms with Crippen LogP contribution in [0.25, 0.3) is 0 Å². The van der Waals surface area contributed by atoms with E-state index in [4.69, 9.17) is 4.74 Å². The van der Waals surface area contributed by atoms with Crippen LogP contribution in [0.2, 0.25) is 0 Å². The molecule has 2 atom stereocenters. The van der Waals surface area contributed by atoms with Crippen molar-refractivity contribution in [2.24, 2.45) is 0 Å².